The molecule has 1 aromatic carbocycles. The first kappa shape index (κ1) is 14.3. The number of aryl methyl sites for hydroxylation is 1. The van der Waals surface area contributed by atoms with Crippen LogP contribution in [0.1, 0.15) is 12.6 Å². The van der Waals surface area contributed by atoms with E-state index in [-0.39, 0.29) is 0 Å². The van der Waals surface area contributed by atoms with Crippen molar-refractivity contribution in [1.82, 2.24) is 0 Å². The molecule has 1 heterocycles. The highest BCUT2D eigenvalue weighted by Gasteiger charge is 2.12. The number of aromatic nitrogens is 1. The van der Waals surface area contributed by atoms with Gasteiger partial charge in [0.2, 0.25) is 12.1 Å². The minimum Gasteiger partial charge on any atom is -0.471 e. The third-order valence-corrected chi connectivity index (χ3v) is 3.24. The summed E-state index contributed by atoms with van der Waals surface area (Å²) < 4.78 is 7.34. The van der Waals surface area contributed by atoms with Crippen molar-refractivity contribution in [2.24, 2.45) is 0 Å². The Labute approximate surface area is 124 Å². The van der Waals surface area contributed by atoms with Crippen LogP contribution in [0, 0.1) is 19.3 Å². The van der Waals surface area contributed by atoms with Gasteiger partial charge in [-0.3, -0.25) is 0 Å². The standard InChI is InChI=1S/C16H16N2OS/c1-4-10-18-12(3)6-7-13-11-14(8-9-15(13)18)17-16(20)19-5-2/h1,6-9,11H,5,10H2,2-3H3/p+1. The Kier molecular flexibility index (Phi) is 4.54. The van der Waals surface area contributed by atoms with Crippen molar-refractivity contribution in [3.05, 3.63) is 36.0 Å². The second kappa shape index (κ2) is 6.36. The van der Waals surface area contributed by atoms with E-state index >= 15 is 0 Å². The van der Waals surface area contributed by atoms with Gasteiger partial charge in [0.15, 0.2) is 5.69 Å². The van der Waals surface area contributed by atoms with Crippen LogP contribution < -0.4 is 9.88 Å². The number of pyridine rings is 1. The summed E-state index contributed by atoms with van der Waals surface area (Å²) >= 11 is 5.08. The molecule has 0 radical (unpaired) electrons. The maximum atomic E-state index is 5.43. The van der Waals surface area contributed by atoms with Crippen LogP contribution in [0.2, 0.25) is 0 Å². The molecule has 0 unspecified atom stereocenters. The van der Waals surface area contributed by atoms with Gasteiger partial charge in [0.05, 0.1) is 6.61 Å². The molecular weight excluding hydrogens is 268 g/mol. The van der Waals surface area contributed by atoms with Crippen molar-refractivity contribution in [1.29, 1.82) is 0 Å². The Balaban J connectivity index is 2.38. The molecule has 0 fully saturated rings. The van der Waals surface area contributed by atoms with Crippen LogP contribution in [0.5, 0.6) is 0 Å². The zero-order valence-corrected chi connectivity index (χ0v) is 12.5. The summed E-state index contributed by atoms with van der Waals surface area (Å²) in [5, 5.41) is 4.55. The predicted molar refractivity (Wildman–Crippen MR) is 85.6 cm³/mol. The van der Waals surface area contributed by atoms with Crippen LogP contribution in [0.4, 0.5) is 5.69 Å². The molecule has 0 saturated carbocycles. The van der Waals surface area contributed by atoms with Gasteiger partial charge in [-0.25, -0.2) is 0 Å². The number of ether oxygens (including phenoxy) is 1. The number of fused-ring (bicyclic) bond motifs is 1. The van der Waals surface area contributed by atoms with Gasteiger partial charge in [0, 0.05) is 30.1 Å². The molecule has 1 N–H and O–H groups in total. The Hall–Kier alpha value is -2.12. The summed E-state index contributed by atoms with van der Waals surface area (Å²) in [6.45, 7) is 5.07. The number of anilines is 1. The smallest absolute Gasteiger partial charge is 0.261 e. The lowest BCUT2D eigenvalue weighted by atomic mass is 10.1. The van der Waals surface area contributed by atoms with Crippen molar-refractivity contribution >= 4 is 34.0 Å². The molecule has 0 amide bonds. The van der Waals surface area contributed by atoms with E-state index in [2.05, 4.69) is 27.9 Å². The number of hydrogen-bond acceptors (Lipinski definition) is 2. The Morgan fingerprint density at radius 1 is 1.40 bits per heavy atom. The number of nitrogens with one attached hydrogen (secondary N) is 1. The molecule has 0 aliphatic heterocycles. The number of nitrogens with zero attached hydrogens (tertiary/aromatic N) is 1. The average molecular weight is 285 g/mol. The first-order valence-corrected chi connectivity index (χ1v) is 6.87. The molecule has 2 rings (SSSR count). The van der Waals surface area contributed by atoms with Crippen LogP contribution in [-0.2, 0) is 11.3 Å². The molecule has 0 spiro atoms. The first-order chi connectivity index (χ1) is 9.65. The Morgan fingerprint density at radius 3 is 2.90 bits per heavy atom. The van der Waals surface area contributed by atoms with E-state index in [1.165, 1.54) is 0 Å². The quantitative estimate of drug-likeness (QED) is 0.533. The van der Waals surface area contributed by atoms with Crippen LogP contribution in [0.25, 0.3) is 10.9 Å². The molecule has 0 atom stereocenters. The van der Waals surface area contributed by atoms with Crippen LogP contribution >= 0.6 is 12.2 Å². The molecule has 3 nitrogen and oxygen atoms in total. The van der Waals surface area contributed by atoms with Crippen molar-refractivity contribution in [3.8, 4) is 12.3 Å². The SMILES string of the molecule is C#CC[n+]1c(C)ccc2cc(NC(=S)OCC)ccc21. The van der Waals surface area contributed by atoms with E-state index in [9.17, 15) is 0 Å². The molecule has 1 aromatic heterocycles. The summed E-state index contributed by atoms with van der Waals surface area (Å²) in [4.78, 5) is 0. The van der Waals surface area contributed by atoms with Gasteiger partial charge in [-0.2, -0.15) is 4.57 Å². The normalized spacial score (nSPS) is 10.1. The fraction of sp³-hybridized carbons (Fsp3) is 0.250. The van der Waals surface area contributed by atoms with Crippen molar-refractivity contribution in [3.63, 3.8) is 0 Å². The minimum atomic E-state index is 0.385. The molecule has 0 bridgehead atoms. The van der Waals surface area contributed by atoms with Gasteiger partial charge < -0.3 is 10.1 Å². The van der Waals surface area contributed by atoms with Gasteiger partial charge >= 0.3 is 0 Å². The van der Waals surface area contributed by atoms with E-state index in [4.69, 9.17) is 23.4 Å². The fourth-order valence-electron chi connectivity index (χ4n) is 2.09. The first-order valence-electron chi connectivity index (χ1n) is 6.46. The molecule has 0 aliphatic carbocycles. The van der Waals surface area contributed by atoms with Gasteiger partial charge in [-0.1, -0.05) is 0 Å². The van der Waals surface area contributed by atoms with E-state index < -0.39 is 0 Å². The minimum absolute atomic E-state index is 0.385. The summed E-state index contributed by atoms with van der Waals surface area (Å²) in [5.41, 5.74) is 3.16. The van der Waals surface area contributed by atoms with Gasteiger partial charge in [0.1, 0.15) is 0 Å². The second-order valence-corrected chi connectivity index (χ2v) is 4.75. The molecule has 102 valence electrons. The van der Waals surface area contributed by atoms with Crippen LogP contribution in [0.3, 0.4) is 0 Å². The topological polar surface area (TPSA) is 25.1 Å². The third-order valence-electron chi connectivity index (χ3n) is 3.02. The third kappa shape index (κ3) is 3.06. The Bertz CT molecular complexity index is 689. The summed E-state index contributed by atoms with van der Waals surface area (Å²) in [7, 11) is 0. The lowest BCUT2D eigenvalue weighted by Crippen LogP contribution is -2.37. The second-order valence-electron chi connectivity index (χ2n) is 4.38. The van der Waals surface area contributed by atoms with Crippen molar-refractivity contribution in [2.45, 2.75) is 20.4 Å². The fourth-order valence-corrected chi connectivity index (χ4v) is 2.32. The van der Waals surface area contributed by atoms with Gasteiger partial charge in [0.25, 0.3) is 5.17 Å². The lowest BCUT2D eigenvalue weighted by molar-refractivity contribution is -0.664. The number of benzene rings is 1. The monoisotopic (exact) mass is 285 g/mol. The molecule has 0 saturated heterocycles. The Morgan fingerprint density at radius 2 is 2.20 bits per heavy atom. The van der Waals surface area contributed by atoms with Crippen LogP contribution in [-0.4, -0.2) is 11.8 Å². The number of rotatable bonds is 3. The molecule has 4 heteroatoms. The highest BCUT2D eigenvalue weighted by Crippen LogP contribution is 2.17. The van der Waals surface area contributed by atoms with E-state index in [1.54, 1.807) is 0 Å². The average Bonchev–Trinajstić information content (AvgIpc) is 2.42. The van der Waals surface area contributed by atoms with E-state index in [0.29, 0.717) is 18.3 Å². The summed E-state index contributed by atoms with van der Waals surface area (Å²) in [6.07, 6.45) is 5.43. The zero-order chi connectivity index (χ0) is 14.5. The number of thiocarbonyl (C=S) groups is 1. The van der Waals surface area contributed by atoms with Gasteiger partial charge in [-0.05, 0) is 43.3 Å². The van der Waals surface area contributed by atoms with Crippen LogP contribution in [0.15, 0.2) is 30.3 Å². The zero-order valence-electron chi connectivity index (χ0n) is 11.6. The summed E-state index contributed by atoms with van der Waals surface area (Å²) in [6, 6.07) is 10.2. The molecular formula is C16H17N2OS+. The van der Waals surface area contributed by atoms with Crippen molar-refractivity contribution < 1.29 is 9.30 Å². The van der Waals surface area contributed by atoms with Gasteiger partial charge in [-0.15, -0.1) is 6.42 Å². The van der Waals surface area contributed by atoms with E-state index in [0.717, 1.165) is 22.3 Å². The molecule has 20 heavy (non-hydrogen) atoms. The van der Waals surface area contributed by atoms with E-state index in [1.807, 2.05) is 32.0 Å². The largest absolute Gasteiger partial charge is 0.471 e. The predicted octanol–water partition coefficient (Wildman–Crippen LogP) is 2.80. The lowest BCUT2D eigenvalue weighted by Gasteiger charge is -2.09. The maximum Gasteiger partial charge on any atom is 0.261 e. The maximum absolute atomic E-state index is 5.43. The van der Waals surface area contributed by atoms with Crippen molar-refractivity contribution in [2.75, 3.05) is 11.9 Å². The number of hydrogen-bond donors (Lipinski definition) is 1. The summed E-state index contributed by atoms with van der Waals surface area (Å²) in [5.74, 6) is 2.69. The highest BCUT2D eigenvalue weighted by atomic mass is 32.1. The highest BCUT2D eigenvalue weighted by molar-refractivity contribution is 7.80. The molecule has 0 aliphatic rings. The molecule has 2 aromatic rings. The number of terminal acetylenes is 1.